The molecule has 174 valence electrons. The van der Waals surface area contributed by atoms with Crippen LogP contribution in [0.3, 0.4) is 0 Å². The molecule has 0 spiro atoms. The lowest BCUT2D eigenvalue weighted by atomic mass is 10.1. The van der Waals surface area contributed by atoms with E-state index in [1.54, 1.807) is 35.0 Å². The SMILES string of the molecule is Cc1nn(C)c(C)c1CCNC(=O)Nc1ccc(NC(=O)c2ccccc2)cc1C(F)(F)F. The average Bonchev–Trinajstić information content (AvgIpc) is 3.00. The Morgan fingerprint density at radius 2 is 1.73 bits per heavy atom. The molecular formula is C23H24F3N5O2. The van der Waals surface area contributed by atoms with E-state index in [0.717, 1.165) is 29.1 Å². The predicted octanol–water partition coefficient (Wildman–Crippen LogP) is 4.67. The first-order chi connectivity index (χ1) is 15.6. The number of urea groups is 1. The maximum absolute atomic E-state index is 13.6. The molecule has 0 unspecified atom stereocenters. The lowest BCUT2D eigenvalue weighted by Gasteiger charge is -2.16. The van der Waals surface area contributed by atoms with Gasteiger partial charge in [-0.25, -0.2) is 4.79 Å². The lowest BCUT2D eigenvalue weighted by molar-refractivity contribution is -0.136. The first-order valence-corrected chi connectivity index (χ1v) is 10.2. The highest BCUT2D eigenvalue weighted by molar-refractivity contribution is 6.04. The van der Waals surface area contributed by atoms with Crippen LogP contribution in [-0.4, -0.2) is 28.3 Å². The minimum Gasteiger partial charge on any atom is -0.338 e. The number of aryl methyl sites for hydroxylation is 2. The van der Waals surface area contributed by atoms with Crippen molar-refractivity contribution in [1.82, 2.24) is 15.1 Å². The summed E-state index contributed by atoms with van der Waals surface area (Å²) in [5.74, 6) is -0.539. The van der Waals surface area contributed by atoms with Crippen molar-refractivity contribution in [2.24, 2.45) is 7.05 Å². The number of carbonyl (C=O) groups excluding carboxylic acids is 2. The molecule has 0 aliphatic carbocycles. The van der Waals surface area contributed by atoms with Crippen LogP contribution in [-0.2, 0) is 19.6 Å². The summed E-state index contributed by atoms with van der Waals surface area (Å²) in [4.78, 5) is 24.5. The fraction of sp³-hybridized carbons (Fsp3) is 0.261. The molecule has 0 fully saturated rings. The molecule has 33 heavy (non-hydrogen) atoms. The number of rotatable bonds is 6. The summed E-state index contributed by atoms with van der Waals surface area (Å²) in [7, 11) is 1.82. The summed E-state index contributed by atoms with van der Waals surface area (Å²) in [6.45, 7) is 3.99. The maximum atomic E-state index is 13.6. The third kappa shape index (κ3) is 5.91. The normalized spacial score (nSPS) is 11.2. The number of nitrogens with one attached hydrogen (secondary N) is 3. The monoisotopic (exact) mass is 459 g/mol. The Bertz CT molecular complexity index is 1160. The van der Waals surface area contributed by atoms with Gasteiger partial charge in [-0.15, -0.1) is 0 Å². The van der Waals surface area contributed by atoms with E-state index in [-0.39, 0.29) is 12.2 Å². The van der Waals surface area contributed by atoms with Gasteiger partial charge in [0, 0.05) is 30.5 Å². The van der Waals surface area contributed by atoms with Crippen LogP contribution in [0, 0.1) is 13.8 Å². The van der Waals surface area contributed by atoms with Crippen molar-refractivity contribution in [3.63, 3.8) is 0 Å². The summed E-state index contributed by atoms with van der Waals surface area (Å²) < 4.78 is 42.6. The zero-order valence-corrected chi connectivity index (χ0v) is 18.4. The Hall–Kier alpha value is -3.82. The van der Waals surface area contributed by atoms with Crippen LogP contribution in [0.4, 0.5) is 29.3 Å². The van der Waals surface area contributed by atoms with E-state index in [0.29, 0.717) is 12.0 Å². The number of hydrogen-bond donors (Lipinski definition) is 3. The summed E-state index contributed by atoms with van der Waals surface area (Å²) in [5.41, 5.74) is 1.57. The summed E-state index contributed by atoms with van der Waals surface area (Å²) in [6.07, 6.45) is -4.24. The van der Waals surface area contributed by atoms with Gasteiger partial charge in [-0.05, 0) is 56.2 Å². The molecule has 3 N–H and O–H groups in total. The number of aromatic nitrogens is 2. The first-order valence-electron chi connectivity index (χ1n) is 10.2. The van der Waals surface area contributed by atoms with Crippen molar-refractivity contribution >= 4 is 23.3 Å². The standard InChI is InChI=1S/C23H24F3N5O2/c1-14-18(15(2)31(3)30-14)11-12-27-22(33)29-20-10-9-17(13-19(20)23(24,25)26)28-21(32)16-7-5-4-6-8-16/h4-10,13H,11-12H2,1-3H3,(H,28,32)(H2,27,29,33). The molecule has 0 atom stereocenters. The zero-order valence-electron chi connectivity index (χ0n) is 18.4. The van der Waals surface area contributed by atoms with Crippen LogP contribution >= 0.6 is 0 Å². The number of benzene rings is 2. The van der Waals surface area contributed by atoms with Gasteiger partial charge in [-0.3, -0.25) is 9.48 Å². The molecule has 3 aromatic rings. The number of hydrogen-bond acceptors (Lipinski definition) is 3. The van der Waals surface area contributed by atoms with Crippen LogP contribution in [0.5, 0.6) is 0 Å². The Kier molecular flexibility index (Phi) is 7.05. The van der Waals surface area contributed by atoms with Crippen molar-refractivity contribution in [3.8, 4) is 0 Å². The van der Waals surface area contributed by atoms with E-state index in [4.69, 9.17) is 0 Å². The number of amides is 3. The summed E-state index contributed by atoms with van der Waals surface area (Å²) >= 11 is 0. The molecule has 0 radical (unpaired) electrons. The summed E-state index contributed by atoms with van der Waals surface area (Å²) in [5, 5.41) is 11.5. The largest absolute Gasteiger partial charge is 0.418 e. The number of anilines is 2. The molecule has 7 nitrogen and oxygen atoms in total. The van der Waals surface area contributed by atoms with E-state index in [1.807, 2.05) is 20.9 Å². The van der Waals surface area contributed by atoms with E-state index >= 15 is 0 Å². The Balaban J connectivity index is 1.67. The van der Waals surface area contributed by atoms with E-state index in [2.05, 4.69) is 21.0 Å². The molecule has 1 heterocycles. The number of halogens is 3. The van der Waals surface area contributed by atoms with Gasteiger partial charge in [0.15, 0.2) is 0 Å². The molecule has 3 rings (SSSR count). The topological polar surface area (TPSA) is 88.1 Å². The van der Waals surface area contributed by atoms with E-state index in [1.165, 1.54) is 6.07 Å². The molecule has 1 aromatic heterocycles. The maximum Gasteiger partial charge on any atom is 0.418 e. The van der Waals surface area contributed by atoms with Gasteiger partial charge >= 0.3 is 12.2 Å². The van der Waals surface area contributed by atoms with Crippen LogP contribution in [0.15, 0.2) is 48.5 Å². The van der Waals surface area contributed by atoms with Crippen molar-refractivity contribution < 1.29 is 22.8 Å². The van der Waals surface area contributed by atoms with E-state index in [9.17, 15) is 22.8 Å². The number of alkyl halides is 3. The van der Waals surface area contributed by atoms with Gasteiger partial charge in [0.05, 0.1) is 16.9 Å². The fourth-order valence-corrected chi connectivity index (χ4v) is 3.41. The van der Waals surface area contributed by atoms with Crippen molar-refractivity contribution in [3.05, 3.63) is 76.6 Å². The molecule has 0 saturated carbocycles. The van der Waals surface area contributed by atoms with Crippen LogP contribution in [0.1, 0.15) is 32.9 Å². The van der Waals surface area contributed by atoms with Gasteiger partial charge in [0.1, 0.15) is 0 Å². The molecule has 0 aliphatic heterocycles. The van der Waals surface area contributed by atoms with Crippen molar-refractivity contribution in [2.75, 3.05) is 17.2 Å². The van der Waals surface area contributed by atoms with Crippen molar-refractivity contribution in [1.29, 1.82) is 0 Å². The molecule has 0 saturated heterocycles. The quantitative estimate of drug-likeness (QED) is 0.501. The zero-order chi connectivity index (χ0) is 24.2. The highest BCUT2D eigenvalue weighted by Crippen LogP contribution is 2.36. The predicted molar refractivity (Wildman–Crippen MR) is 119 cm³/mol. The van der Waals surface area contributed by atoms with Gasteiger partial charge in [-0.1, -0.05) is 18.2 Å². The number of carbonyl (C=O) groups is 2. The molecule has 2 aromatic carbocycles. The smallest absolute Gasteiger partial charge is 0.338 e. The summed E-state index contributed by atoms with van der Waals surface area (Å²) in [6, 6.07) is 10.6. The Morgan fingerprint density at radius 3 is 2.33 bits per heavy atom. The van der Waals surface area contributed by atoms with Crippen LogP contribution in [0.2, 0.25) is 0 Å². The third-order valence-corrected chi connectivity index (χ3v) is 5.19. The lowest BCUT2D eigenvalue weighted by Crippen LogP contribution is -2.31. The second-order valence-corrected chi connectivity index (χ2v) is 7.48. The van der Waals surface area contributed by atoms with Gasteiger partial charge in [-0.2, -0.15) is 18.3 Å². The number of nitrogens with zero attached hydrogens (tertiary/aromatic N) is 2. The van der Waals surface area contributed by atoms with E-state index < -0.39 is 29.4 Å². The Labute approximate surface area is 189 Å². The van der Waals surface area contributed by atoms with Gasteiger partial charge in [0.25, 0.3) is 5.91 Å². The molecule has 10 heteroatoms. The fourth-order valence-electron chi connectivity index (χ4n) is 3.41. The van der Waals surface area contributed by atoms with Crippen molar-refractivity contribution in [2.45, 2.75) is 26.4 Å². The molecule has 0 aliphatic rings. The minimum atomic E-state index is -4.74. The second kappa shape index (κ2) is 9.76. The molecule has 0 bridgehead atoms. The van der Waals surface area contributed by atoms with Crippen LogP contribution in [0.25, 0.3) is 0 Å². The van der Waals surface area contributed by atoms with Gasteiger partial charge in [0.2, 0.25) is 0 Å². The Morgan fingerprint density at radius 1 is 1.03 bits per heavy atom. The highest BCUT2D eigenvalue weighted by atomic mass is 19.4. The molecular weight excluding hydrogens is 435 g/mol. The van der Waals surface area contributed by atoms with Crippen LogP contribution < -0.4 is 16.0 Å². The minimum absolute atomic E-state index is 0.0373. The molecule has 3 amide bonds. The highest BCUT2D eigenvalue weighted by Gasteiger charge is 2.34. The first kappa shape index (κ1) is 23.8. The average molecular weight is 459 g/mol. The second-order valence-electron chi connectivity index (χ2n) is 7.48. The third-order valence-electron chi connectivity index (χ3n) is 5.19. The van der Waals surface area contributed by atoms with Gasteiger partial charge < -0.3 is 16.0 Å².